The van der Waals surface area contributed by atoms with Gasteiger partial charge >= 0.3 is 0 Å². The van der Waals surface area contributed by atoms with Crippen molar-refractivity contribution in [1.29, 1.82) is 0 Å². The molecular weight excluding hydrogens is 430 g/mol. The van der Waals surface area contributed by atoms with E-state index in [-0.39, 0.29) is 6.04 Å². The highest BCUT2D eigenvalue weighted by atomic mass is 32.2. The van der Waals surface area contributed by atoms with Crippen LogP contribution in [-0.4, -0.2) is 80.9 Å². The predicted molar refractivity (Wildman–Crippen MR) is 121 cm³/mol. The van der Waals surface area contributed by atoms with Crippen LogP contribution in [0.5, 0.6) is 5.75 Å². The SMILES string of the molecule is CS1(=O)=C2COCCC21c1nc(-c2ccnc3[nH]ccc23)nc2c1OC[C@@H]1COCCN21. The van der Waals surface area contributed by atoms with Gasteiger partial charge in [-0.15, -0.1) is 0 Å². The lowest BCUT2D eigenvalue weighted by Crippen LogP contribution is -2.52. The first-order valence-electron chi connectivity index (χ1n) is 10.9. The molecular formula is C22H23N5O4S. The second-order valence-electron chi connectivity index (χ2n) is 8.78. The van der Waals surface area contributed by atoms with E-state index in [9.17, 15) is 4.21 Å². The molecule has 7 heterocycles. The van der Waals surface area contributed by atoms with Gasteiger partial charge in [-0.3, -0.25) is 4.21 Å². The van der Waals surface area contributed by atoms with Crippen molar-refractivity contribution in [3.8, 4) is 17.1 Å². The Kier molecular flexibility index (Phi) is 3.79. The lowest BCUT2D eigenvalue weighted by molar-refractivity contribution is 0.0690. The van der Waals surface area contributed by atoms with Gasteiger partial charge in [0.05, 0.1) is 25.9 Å². The summed E-state index contributed by atoms with van der Waals surface area (Å²) >= 11 is 0. The van der Waals surface area contributed by atoms with Crippen molar-refractivity contribution in [1.82, 2.24) is 19.9 Å². The number of rotatable bonds is 2. The average molecular weight is 454 g/mol. The number of hydrogen-bond donors (Lipinski definition) is 1. The van der Waals surface area contributed by atoms with Crippen LogP contribution in [0, 0.1) is 0 Å². The number of aromatic nitrogens is 4. The van der Waals surface area contributed by atoms with Crippen LogP contribution in [0.3, 0.4) is 0 Å². The fraction of sp³-hybridized carbons (Fsp3) is 0.455. The molecule has 0 radical (unpaired) electrons. The number of aromatic amines is 1. The second-order valence-corrected chi connectivity index (χ2v) is 11.7. The monoisotopic (exact) mass is 453 g/mol. The Morgan fingerprint density at radius 2 is 2.16 bits per heavy atom. The Hall–Kier alpha value is -2.69. The number of anilines is 1. The smallest absolute Gasteiger partial charge is 0.185 e. The van der Waals surface area contributed by atoms with E-state index in [1.165, 1.54) is 0 Å². The summed E-state index contributed by atoms with van der Waals surface area (Å²) < 4.78 is 30.7. The fourth-order valence-electron chi connectivity index (χ4n) is 5.47. The quantitative estimate of drug-likeness (QED) is 0.580. The zero-order valence-corrected chi connectivity index (χ0v) is 18.5. The van der Waals surface area contributed by atoms with Gasteiger partial charge in [-0.25, -0.2) is 15.0 Å². The molecule has 32 heavy (non-hydrogen) atoms. The molecule has 4 aliphatic rings. The normalized spacial score (nSPS) is 31.0. The van der Waals surface area contributed by atoms with Crippen LogP contribution in [-0.2, 0) is 23.7 Å². The van der Waals surface area contributed by atoms with Crippen LogP contribution in [0.2, 0.25) is 0 Å². The molecule has 2 saturated heterocycles. The van der Waals surface area contributed by atoms with Gasteiger partial charge in [-0.2, -0.15) is 0 Å². The third-order valence-corrected chi connectivity index (χ3v) is 10.4. The van der Waals surface area contributed by atoms with Crippen molar-refractivity contribution < 1.29 is 18.4 Å². The van der Waals surface area contributed by atoms with Crippen molar-refractivity contribution >= 4 is 31.2 Å². The molecule has 0 aromatic carbocycles. The second kappa shape index (κ2) is 6.43. The number of ether oxygens (including phenoxy) is 3. The molecule has 4 aliphatic heterocycles. The van der Waals surface area contributed by atoms with Gasteiger partial charge in [0.15, 0.2) is 17.4 Å². The number of morpholine rings is 1. The average Bonchev–Trinajstić information content (AvgIpc) is 3.12. The van der Waals surface area contributed by atoms with Gasteiger partial charge < -0.3 is 24.1 Å². The van der Waals surface area contributed by atoms with Gasteiger partial charge in [-0.1, -0.05) is 0 Å². The standard InChI is InChI=1S/C22H23N5O4S/c1-32(28)16-12-29-8-4-22(16,32)18-17-21(27-7-9-30-10-13(27)11-31-17)26-20(25-18)15-3-6-24-19-14(15)2-5-23-19/h2-3,5-6,13H,4,7-12H2,1H3,(H,23,24)/t13-,22?,32?/m0/s1. The zero-order chi connectivity index (χ0) is 21.5. The topological polar surface area (TPSA) is 102 Å². The van der Waals surface area contributed by atoms with Crippen LogP contribution in [0.15, 0.2) is 24.5 Å². The number of nitrogens with zero attached hydrogens (tertiary/aromatic N) is 4. The van der Waals surface area contributed by atoms with E-state index in [1.54, 1.807) is 6.20 Å². The van der Waals surface area contributed by atoms with Gasteiger partial charge in [0, 0.05) is 47.6 Å². The minimum absolute atomic E-state index is 0.109. The summed E-state index contributed by atoms with van der Waals surface area (Å²) in [6.07, 6.45) is 6.11. The number of H-pyrrole nitrogens is 1. The summed E-state index contributed by atoms with van der Waals surface area (Å²) in [5.74, 6) is 2.04. The van der Waals surface area contributed by atoms with E-state index < -0.39 is 14.3 Å². The molecule has 10 heteroatoms. The molecule has 0 aliphatic carbocycles. The molecule has 0 amide bonds. The van der Waals surface area contributed by atoms with Crippen molar-refractivity contribution in [3.63, 3.8) is 0 Å². The number of hydrogen-bond acceptors (Lipinski definition) is 8. The largest absolute Gasteiger partial charge is 0.486 e. The molecule has 7 rings (SSSR count). The van der Waals surface area contributed by atoms with Crippen LogP contribution in [0.25, 0.3) is 22.4 Å². The maximum atomic E-state index is 13.7. The minimum Gasteiger partial charge on any atom is -0.486 e. The molecule has 2 fully saturated rings. The molecule has 0 spiro atoms. The Labute approximate surface area is 185 Å². The Bertz CT molecular complexity index is 1390. The highest BCUT2D eigenvalue weighted by Gasteiger charge is 2.63. The summed E-state index contributed by atoms with van der Waals surface area (Å²) in [6, 6.07) is 4.03. The van der Waals surface area contributed by atoms with E-state index in [0.717, 1.165) is 39.5 Å². The Morgan fingerprint density at radius 3 is 3.06 bits per heavy atom. The lowest BCUT2D eigenvalue weighted by atomic mass is 9.94. The summed E-state index contributed by atoms with van der Waals surface area (Å²) in [6.45, 7) is 3.46. The third-order valence-electron chi connectivity index (χ3n) is 7.23. The van der Waals surface area contributed by atoms with Gasteiger partial charge in [-0.05, 0) is 28.1 Å². The van der Waals surface area contributed by atoms with E-state index >= 15 is 0 Å². The van der Waals surface area contributed by atoms with Gasteiger partial charge in [0.1, 0.15) is 22.7 Å². The maximum absolute atomic E-state index is 13.7. The number of nitrogens with one attached hydrogen (secondary N) is 1. The van der Waals surface area contributed by atoms with Crippen LogP contribution >= 0.6 is 0 Å². The molecule has 3 aromatic heterocycles. The molecule has 2 unspecified atom stereocenters. The van der Waals surface area contributed by atoms with Gasteiger partial charge in [0.2, 0.25) is 0 Å². The highest BCUT2D eigenvalue weighted by molar-refractivity contribution is 8.12. The molecule has 9 nitrogen and oxygen atoms in total. The lowest BCUT2D eigenvalue weighted by Gasteiger charge is -2.41. The molecule has 1 N–H and O–H groups in total. The highest BCUT2D eigenvalue weighted by Crippen LogP contribution is 2.55. The van der Waals surface area contributed by atoms with E-state index in [2.05, 4.69) is 14.9 Å². The summed E-state index contributed by atoms with van der Waals surface area (Å²) in [5.41, 5.74) is 2.42. The minimum atomic E-state index is -2.23. The van der Waals surface area contributed by atoms with Crippen molar-refractivity contribution in [2.45, 2.75) is 17.2 Å². The molecule has 166 valence electrons. The molecule has 0 bridgehead atoms. The third kappa shape index (κ3) is 2.32. The first-order valence-corrected chi connectivity index (χ1v) is 12.8. The van der Waals surface area contributed by atoms with E-state index in [0.29, 0.717) is 51.0 Å². The summed E-state index contributed by atoms with van der Waals surface area (Å²) in [5, 5.41) is 0.954. The molecule has 3 aromatic rings. The summed E-state index contributed by atoms with van der Waals surface area (Å²) in [4.78, 5) is 20.9. The number of pyridine rings is 1. The van der Waals surface area contributed by atoms with Crippen molar-refractivity contribution in [2.24, 2.45) is 0 Å². The molecule has 3 atom stereocenters. The Balaban J connectivity index is 1.49. The van der Waals surface area contributed by atoms with Crippen molar-refractivity contribution in [2.75, 3.05) is 50.7 Å². The van der Waals surface area contributed by atoms with Crippen LogP contribution < -0.4 is 9.64 Å². The fourth-order valence-corrected chi connectivity index (χ4v) is 8.40. The van der Waals surface area contributed by atoms with Crippen LogP contribution in [0.4, 0.5) is 5.82 Å². The van der Waals surface area contributed by atoms with E-state index in [1.807, 2.05) is 24.6 Å². The van der Waals surface area contributed by atoms with Crippen LogP contribution in [0.1, 0.15) is 12.1 Å². The number of fused-ring (bicyclic) bond motifs is 5. The maximum Gasteiger partial charge on any atom is 0.185 e. The van der Waals surface area contributed by atoms with E-state index in [4.69, 9.17) is 24.2 Å². The first kappa shape index (κ1) is 18.8. The predicted octanol–water partition coefficient (Wildman–Crippen LogP) is 1.33. The zero-order valence-electron chi connectivity index (χ0n) is 17.7. The first-order chi connectivity index (χ1) is 15.6. The molecule has 0 saturated carbocycles. The Morgan fingerprint density at radius 1 is 1.22 bits per heavy atom. The van der Waals surface area contributed by atoms with Gasteiger partial charge in [0.25, 0.3) is 0 Å². The van der Waals surface area contributed by atoms with Crippen molar-refractivity contribution in [3.05, 3.63) is 30.2 Å². The summed E-state index contributed by atoms with van der Waals surface area (Å²) in [7, 11) is -2.23.